The molecule has 1 aliphatic heterocycles. The first-order chi connectivity index (χ1) is 16.2. The third kappa shape index (κ3) is 4.98. The van der Waals surface area contributed by atoms with Crippen LogP contribution in [0.1, 0.15) is 29.8 Å². The van der Waals surface area contributed by atoms with Gasteiger partial charge in [0.2, 0.25) is 0 Å². The largest absolute Gasteiger partial charge is 0.339 e. The molecule has 1 atom stereocenters. The number of piperazine rings is 1. The number of aromatic amines is 1. The highest BCUT2D eigenvalue weighted by Gasteiger charge is 2.16. The Balaban J connectivity index is 1.30. The molecule has 2 aromatic carbocycles. The fourth-order valence-electron chi connectivity index (χ4n) is 4.65. The lowest BCUT2D eigenvalue weighted by Gasteiger charge is -2.34. The minimum atomic E-state index is -0.0962. The van der Waals surface area contributed by atoms with E-state index < -0.39 is 0 Å². The van der Waals surface area contributed by atoms with Crippen LogP contribution in [-0.2, 0) is 13.0 Å². The van der Waals surface area contributed by atoms with Crippen molar-refractivity contribution in [2.24, 2.45) is 5.73 Å². The van der Waals surface area contributed by atoms with E-state index in [4.69, 9.17) is 5.73 Å². The van der Waals surface area contributed by atoms with Gasteiger partial charge in [-0.3, -0.25) is 4.90 Å². The average molecular weight is 441 g/mol. The number of aromatic nitrogens is 3. The zero-order chi connectivity index (χ0) is 22.6. The Morgan fingerprint density at radius 3 is 2.39 bits per heavy atom. The maximum atomic E-state index is 6.47. The Kier molecular flexibility index (Phi) is 6.48. The Bertz CT molecular complexity index is 1180. The molecule has 0 aliphatic carbocycles. The predicted molar refractivity (Wildman–Crippen MR) is 134 cm³/mol. The van der Waals surface area contributed by atoms with Gasteiger partial charge in [-0.25, -0.2) is 9.97 Å². The van der Waals surface area contributed by atoms with Crippen LogP contribution in [0.25, 0.3) is 22.3 Å². The summed E-state index contributed by atoms with van der Waals surface area (Å²) in [7, 11) is 0. The second-order valence-electron chi connectivity index (χ2n) is 8.89. The van der Waals surface area contributed by atoms with E-state index in [0.29, 0.717) is 6.42 Å². The molecule has 0 amide bonds. The molecule has 2 aromatic heterocycles. The number of nitrogens with one attached hydrogen (secondary N) is 1. The first kappa shape index (κ1) is 21.8. The second-order valence-corrected chi connectivity index (χ2v) is 8.89. The van der Waals surface area contributed by atoms with Crippen LogP contribution in [0.5, 0.6) is 0 Å². The maximum absolute atomic E-state index is 6.47. The SMILES string of the molecule is CCN1CCN(Cc2ccc(-c3cc4c(C[C@@H](N)c5ccccc5)ncnc4[nH]3)cc2)CC1. The average Bonchev–Trinajstić information content (AvgIpc) is 3.31. The van der Waals surface area contributed by atoms with Crippen molar-refractivity contribution >= 4 is 11.0 Å². The van der Waals surface area contributed by atoms with Crippen LogP contribution in [0.3, 0.4) is 0 Å². The van der Waals surface area contributed by atoms with Crippen molar-refractivity contribution in [3.63, 3.8) is 0 Å². The van der Waals surface area contributed by atoms with Crippen LogP contribution in [0.2, 0.25) is 0 Å². The van der Waals surface area contributed by atoms with E-state index in [1.54, 1.807) is 6.33 Å². The topological polar surface area (TPSA) is 74.1 Å². The van der Waals surface area contributed by atoms with E-state index >= 15 is 0 Å². The lowest BCUT2D eigenvalue weighted by atomic mass is 10.0. The summed E-state index contributed by atoms with van der Waals surface area (Å²) in [6.07, 6.45) is 2.29. The summed E-state index contributed by atoms with van der Waals surface area (Å²) in [5, 5.41) is 1.04. The molecule has 0 saturated carbocycles. The van der Waals surface area contributed by atoms with Gasteiger partial charge in [-0.2, -0.15) is 0 Å². The van der Waals surface area contributed by atoms with Crippen molar-refractivity contribution in [3.05, 3.63) is 83.8 Å². The first-order valence-corrected chi connectivity index (χ1v) is 11.9. The smallest absolute Gasteiger partial charge is 0.141 e. The molecule has 3 heterocycles. The normalized spacial score (nSPS) is 16.3. The third-order valence-corrected chi connectivity index (χ3v) is 6.73. The van der Waals surface area contributed by atoms with Gasteiger partial charge in [0, 0.05) is 56.3 Å². The van der Waals surface area contributed by atoms with E-state index in [-0.39, 0.29) is 6.04 Å². The standard InChI is InChI=1S/C27H32N6/c1-2-32-12-14-33(15-13-32)18-20-8-10-22(11-9-20)25-16-23-26(29-19-30-27(23)31-25)17-24(28)21-6-4-3-5-7-21/h3-11,16,19,24H,2,12-15,17-18,28H2,1H3,(H,29,30,31)/t24-/m1/s1. The number of rotatable bonds is 7. The lowest BCUT2D eigenvalue weighted by Crippen LogP contribution is -2.45. The Labute approximate surface area is 195 Å². The van der Waals surface area contributed by atoms with Gasteiger partial charge in [0.25, 0.3) is 0 Å². The molecule has 4 aromatic rings. The van der Waals surface area contributed by atoms with Crippen LogP contribution >= 0.6 is 0 Å². The quantitative estimate of drug-likeness (QED) is 0.454. The third-order valence-electron chi connectivity index (χ3n) is 6.73. The number of fused-ring (bicyclic) bond motifs is 1. The van der Waals surface area contributed by atoms with Crippen LogP contribution in [0.4, 0.5) is 0 Å². The first-order valence-electron chi connectivity index (χ1n) is 11.9. The summed E-state index contributed by atoms with van der Waals surface area (Å²) in [5.74, 6) is 0. The van der Waals surface area contributed by atoms with Crippen LogP contribution in [0, 0.1) is 0 Å². The van der Waals surface area contributed by atoms with E-state index in [9.17, 15) is 0 Å². The molecule has 1 aliphatic rings. The molecule has 5 rings (SSSR count). The minimum Gasteiger partial charge on any atom is -0.339 e. The number of benzene rings is 2. The van der Waals surface area contributed by atoms with Crippen molar-refractivity contribution in [2.45, 2.75) is 25.9 Å². The fraction of sp³-hybridized carbons (Fsp3) is 0.333. The van der Waals surface area contributed by atoms with Gasteiger partial charge in [0.05, 0.1) is 5.69 Å². The zero-order valence-corrected chi connectivity index (χ0v) is 19.2. The van der Waals surface area contributed by atoms with E-state index in [0.717, 1.165) is 59.7 Å². The molecular formula is C27H32N6. The highest BCUT2D eigenvalue weighted by molar-refractivity contribution is 5.84. The van der Waals surface area contributed by atoms with E-state index in [1.165, 1.54) is 18.7 Å². The summed E-state index contributed by atoms with van der Waals surface area (Å²) in [6, 6.07) is 21.1. The molecule has 1 saturated heterocycles. The zero-order valence-electron chi connectivity index (χ0n) is 19.2. The van der Waals surface area contributed by atoms with Crippen molar-refractivity contribution in [1.82, 2.24) is 24.8 Å². The van der Waals surface area contributed by atoms with Gasteiger partial charge >= 0.3 is 0 Å². The number of H-pyrrole nitrogens is 1. The maximum Gasteiger partial charge on any atom is 0.141 e. The van der Waals surface area contributed by atoms with Crippen molar-refractivity contribution in [1.29, 1.82) is 0 Å². The molecule has 0 unspecified atom stereocenters. The number of hydrogen-bond donors (Lipinski definition) is 2. The number of nitrogens with two attached hydrogens (primary N) is 1. The van der Waals surface area contributed by atoms with E-state index in [1.807, 2.05) is 18.2 Å². The van der Waals surface area contributed by atoms with Gasteiger partial charge in [-0.1, -0.05) is 61.5 Å². The summed E-state index contributed by atoms with van der Waals surface area (Å²) in [5.41, 5.74) is 13.0. The molecule has 0 bridgehead atoms. The lowest BCUT2D eigenvalue weighted by molar-refractivity contribution is 0.132. The van der Waals surface area contributed by atoms with Crippen molar-refractivity contribution in [2.75, 3.05) is 32.7 Å². The van der Waals surface area contributed by atoms with Gasteiger partial charge < -0.3 is 15.6 Å². The van der Waals surface area contributed by atoms with Crippen molar-refractivity contribution < 1.29 is 0 Å². The summed E-state index contributed by atoms with van der Waals surface area (Å²) in [4.78, 5) is 17.5. The fourth-order valence-corrected chi connectivity index (χ4v) is 4.65. The Hall–Kier alpha value is -3.06. The highest BCUT2D eigenvalue weighted by Crippen LogP contribution is 2.27. The molecule has 3 N–H and O–H groups in total. The molecule has 0 radical (unpaired) electrons. The number of likely N-dealkylation sites (N-methyl/N-ethyl adjacent to an activating group) is 1. The summed E-state index contributed by atoms with van der Waals surface area (Å²) in [6.45, 7) is 9.02. The second kappa shape index (κ2) is 9.83. The van der Waals surface area contributed by atoms with Gasteiger partial charge in [-0.05, 0) is 29.3 Å². The molecule has 1 fully saturated rings. The number of hydrogen-bond acceptors (Lipinski definition) is 5. The summed E-state index contributed by atoms with van der Waals surface area (Å²) < 4.78 is 0. The highest BCUT2D eigenvalue weighted by atomic mass is 15.3. The Morgan fingerprint density at radius 1 is 0.939 bits per heavy atom. The van der Waals surface area contributed by atoms with Crippen LogP contribution < -0.4 is 5.73 Å². The van der Waals surface area contributed by atoms with Gasteiger partial charge in [0.1, 0.15) is 12.0 Å². The minimum absolute atomic E-state index is 0.0962. The molecule has 6 heteroatoms. The Morgan fingerprint density at radius 2 is 1.67 bits per heavy atom. The summed E-state index contributed by atoms with van der Waals surface area (Å²) >= 11 is 0. The number of nitrogens with zero attached hydrogens (tertiary/aromatic N) is 4. The molecule has 6 nitrogen and oxygen atoms in total. The molecule has 33 heavy (non-hydrogen) atoms. The molecule has 0 spiro atoms. The van der Waals surface area contributed by atoms with Crippen LogP contribution in [-0.4, -0.2) is 57.5 Å². The van der Waals surface area contributed by atoms with Crippen molar-refractivity contribution in [3.8, 4) is 11.3 Å². The van der Waals surface area contributed by atoms with Gasteiger partial charge in [0.15, 0.2) is 0 Å². The van der Waals surface area contributed by atoms with Crippen LogP contribution in [0.15, 0.2) is 67.0 Å². The predicted octanol–water partition coefficient (Wildman–Crippen LogP) is 4.00. The van der Waals surface area contributed by atoms with Gasteiger partial charge in [-0.15, -0.1) is 0 Å². The van der Waals surface area contributed by atoms with E-state index in [2.05, 4.69) is 74.1 Å². The molecular weight excluding hydrogens is 408 g/mol. The molecule has 170 valence electrons. The monoisotopic (exact) mass is 440 g/mol.